The zero-order valence-electron chi connectivity index (χ0n) is 11.6. The van der Waals surface area contributed by atoms with Gasteiger partial charge in [-0.1, -0.05) is 13.3 Å². The minimum absolute atomic E-state index is 0.0583. The largest absolute Gasteiger partial charge is 0.378 e. The predicted octanol–water partition coefficient (Wildman–Crippen LogP) is 2.60. The van der Waals surface area contributed by atoms with Crippen molar-refractivity contribution in [2.75, 3.05) is 26.4 Å². The summed E-state index contributed by atoms with van der Waals surface area (Å²) in [5, 5.41) is 3.42. The van der Waals surface area contributed by atoms with Gasteiger partial charge < -0.3 is 14.8 Å². The zero-order chi connectivity index (χ0) is 12.4. The molecule has 0 amide bonds. The van der Waals surface area contributed by atoms with Gasteiger partial charge >= 0.3 is 0 Å². The molecule has 0 aromatic carbocycles. The van der Waals surface area contributed by atoms with Crippen LogP contribution in [0.1, 0.15) is 47.5 Å². The number of hydrogen-bond donors (Lipinski definition) is 1. The van der Waals surface area contributed by atoms with E-state index in [4.69, 9.17) is 9.47 Å². The molecule has 3 heteroatoms. The van der Waals surface area contributed by atoms with E-state index in [2.05, 4.69) is 39.9 Å². The van der Waals surface area contributed by atoms with Crippen molar-refractivity contribution in [1.82, 2.24) is 5.32 Å². The first-order chi connectivity index (χ1) is 7.45. The highest BCUT2D eigenvalue weighted by atomic mass is 16.5. The Labute approximate surface area is 101 Å². The van der Waals surface area contributed by atoms with E-state index in [0.717, 1.165) is 13.2 Å². The van der Waals surface area contributed by atoms with Crippen molar-refractivity contribution in [3.05, 3.63) is 0 Å². The van der Waals surface area contributed by atoms with Gasteiger partial charge in [0.1, 0.15) is 0 Å². The summed E-state index contributed by atoms with van der Waals surface area (Å²) in [6.07, 6.45) is 2.46. The van der Waals surface area contributed by atoms with Crippen molar-refractivity contribution >= 4 is 0 Å². The summed E-state index contributed by atoms with van der Waals surface area (Å²) in [6.45, 7) is 13.6. The van der Waals surface area contributed by atoms with Crippen LogP contribution in [0.25, 0.3) is 0 Å². The maximum atomic E-state index is 5.55. The maximum absolute atomic E-state index is 5.55. The minimum atomic E-state index is -0.0583. The molecule has 0 saturated heterocycles. The highest BCUT2D eigenvalue weighted by molar-refractivity contribution is 4.59. The average Bonchev–Trinajstić information content (AvgIpc) is 2.15. The van der Waals surface area contributed by atoms with E-state index in [1.54, 1.807) is 0 Å². The molecule has 1 atom stereocenters. The van der Waals surface area contributed by atoms with Crippen molar-refractivity contribution in [3.8, 4) is 0 Å². The lowest BCUT2D eigenvalue weighted by Gasteiger charge is -2.19. The molecule has 0 rings (SSSR count). The summed E-state index contributed by atoms with van der Waals surface area (Å²) in [5.41, 5.74) is -0.0583. The fourth-order valence-electron chi connectivity index (χ4n) is 1.42. The Morgan fingerprint density at radius 1 is 1.12 bits per heavy atom. The van der Waals surface area contributed by atoms with Gasteiger partial charge in [0.2, 0.25) is 0 Å². The second-order valence-electron chi connectivity index (χ2n) is 5.22. The third-order valence-electron chi connectivity index (χ3n) is 2.22. The molecule has 0 aliphatic heterocycles. The predicted molar refractivity (Wildman–Crippen MR) is 68.9 cm³/mol. The van der Waals surface area contributed by atoms with Crippen LogP contribution in [0.15, 0.2) is 0 Å². The lowest BCUT2D eigenvalue weighted by atomic mass is 10.2. The molecule has 0 aromatic heterocycles. The number of rotatable bonds is 9. The van der Waals surface area contributed by atoms with Gasteiger partial charge in [0, 0.05) is 12.6 Å². The molecule has 0 radical (unpaired) electrons. The quantitative estimate of drug-likeness (QED) is 0.619. The van der Waals surface area contributed by atoms with Crippen molar-refractivity contribution in [2.24, 2.45) is 0 Å². The smallest absolute Gasteiger partial charge is 0.0707 e. The van der Waals surface area contributed by atoms with Gasteiger partial charge in [-0.3, -0.25) is 0 Å². The number of nitrogens with one attached hydrogen (secondary N) is 1. The lowest BCUT2D eigenvalue weighted by Crippen LogP contribution is -2.29. The Kier molecular flexibility index (Phi) is 8.90. The van der Waals surface area contributed by atoms with Crippen molar-refractivity contribution in [1.29, 1.82) is 0 Å². The van der Waals surface area contributed by atoms with Crippen LogP contribution in [0.5, 0.6) is 0 Å². The first kappa shape index (κ1) is 15.9. The van der Waals surface area contributed by atoms with Gasteiger partial charge in [-0.2, -0.15) is 0 Å². The summed E-state index contributed by atoms with van der Waals surface area (Å²) < 4.78 is 11.0. The standard InChI is InChI=1S/C13H29NO2/c1-6-7-12(2)14-8-9-15-10-11-16-13(3,4)5/h12,14H,6-11H2,1-5H3. The molecular formula is C13H29NO2. The van der Waals surface area contributed by atoms with Crippen LogP contribution in [-0.4, -0.2) is 38.0 Å². The molecular weight excluding hydrogens is 202 g/mol. The molecule has 0 aliphatic rings. The van der Waals surface area contributed by atoms with Crippen LogP contribution in [0.3, 0.4) is 0 Å². The molecule has 3 nitrogen and oxygen atoms in total. The van der Waals surface area contributed by atoms with E-state index < -0.39 is 0 Å². The summed E-state index contributed by atoms with van der Waals surface area (Å²) >= 11 is 0. The van der Waals surface area contributed by atoms with Crippen LogP contribution in [-0.2, 0) is 9.47 Å². The van der Waals surface area contributed by atoms with Gasteiger partial charge in [-0.05, 0) is 34.1 Å². The first-order valence-electron chi connectivity index (χ1n) is 6.41. The van der Waals surface area contributed by atoms with Gasteiger partial charge in [0.25, 0.3) is 0 Å². The Balaban J connectivity index is 3.16. The Hall–Kier alpha value is -0.120. The van der Waals surface area contributed by atoms with Crippen LogP contribution >= 0.6 is 0 Å². The average molecular weight is 231 g/mol. The Bertz CT molecular complexity index is 155. The van der Waals surface area contributed by atoms with Gasteiger partial charge in [0.15, 0.2) is 0 Å². The molecule has 0 spiro atoms. The highest BCUT2D eigenvalue weighted by Crippen LogP contribution is 2.05. The molecule has 0 aliphatic carbocycles. The van der Waals surface area contributed by atoms with E-state index >= 15 is 0 Å². The van der Waals surface area contributed by atoms with E-state index in [9.17, 15) is 0 Å². The minimum Gasteiger partial charge on any atom is -0.378 e. The van der Waals surface area contributed by atoms with Crippen LogP contribution < -0.4 is 5.32 Å². The SMILES string of the molecule is CCCC(C)NCCOCCOC(C)(C)C. The van der Waals surface area contributed by atoms with Crippen LogP contribution in [0, 0.1) is 0 Å². The highest BCUT2D eigenvalue weighted by Gasteiger charge is 2.08. The topological polar surface area (TPSA) is 30.5 Å². The van der Waals surface area contributed by atoms with Crippen molar-refractivity contribution in [3.63, 3.8) is 0 Å². The first-order valence-corrected chi connectivity index (χ1v) is 6.41. The van der Waals surface area contributed by atoms with Crippen LogP contribution in [0.4, 0.5) is 0 Å². The van der Waals surface area contributed by atoms with E-state index in [0.29, 0.717) is 19.3 Å². The Morgan fingerprint density at radius 3 is 2.38 bits per heavy atom. The Morgan fingerprint density at radius 2 is 1.81 bits per heavy atom. The summed E-state index contributed by atoms with van der Waals surface area (Å²) in [4.78, 5) is 0. The summed E-state index contributed by atoms with van der Waals surface area (Å²) in [5.74, 6) is 0. The molecule has 0 fully saturated rings. The van der Waals surface area contributed by atoms with E-state index in [1.165, 1.54) is 12.8 Å². The van der Waals surface area contributed by atoms with Crippen molar-refractivity contribution in [2.45, 2.75) is 59.1 Å². The summed E-state index contributed by atoms with van der Waals surface area (Å²) in [6, 6.07) is 0.597. The fourth-order valence-corrected chi connectivity index (χ4v) is 1.42. The van der Waals surface area contributed by atoms with Crippen molar-refractivity contribution < 1.29 is 9.47 Å². The normalized spacial score (nSPS) is 14.1. The van der Waals surface area contributed by atoms with Gasteiger partial charge in [0.05, 0.1) is 25.4 Å². The molecule has 0 saturated carbocycles. The maximum Gasteiger partial charge on any atom is 0.0707 e. The second-order valence-corrected chi connectivity index (χ2v) is 5.22. The molecule has 0 bridgehead atoms. The number of hydrogen-bond acceptors (Lipinski definition) is 3. The zero-order valence-corrected chi connectivity index (χ0v) is 11.6. The molecule has 0 aromatic rings. The molecule has 1 unspecified atom stereocenters. The van der Waals surface area contributed by atoms with Crippen LogP contribution in [0.2, 0.25) is 0 Å². The van der Waals surface area contributed by atoms with E-state index in [1.807, 2.05) is 0 Å². The van der Waals surface area contributed by atoms with E-state index in [-0.39, 0.29) is 5.60 Å². The molecule has 0 heterocycles. The second kappa shape index (κ2) is 8.97. The fraction of sp³-hybridized carbons (Fsp3) is 1.00. The molecule has 16 heavy (non-hydrogen) atoms. The van der Waals surface area contributed by atoms with Gasteiger partial charge in [-0.15, -0.1) is 0 Å². The monoisotopic (exact) mass is 231 g/mol. The van der Waals surface area contributed by atoms with Gasteiger partial charge in [-0.25, -0.2) is 0 Å². The third-order valence-corrected chi connectivity index (χ3v) is 2.22. The molecule has 98 valence electrons. The summed E-state index contributed by atoms with van der Waals surface area (Å²) in [7, 11) is 0. The molecule has 1 N–H and O–H groups in total. The lowest BCUT2D eigenvalue weighted by molar-refractivity contribution is -0.0344. The number of ether oxygens (including phenoxy) is 2. The third kappa shape index (κ3) is 12.0.